The largest absolute Gasteiger partial charge is 0.280 e. The van der Waals surface area contributed by atoms with Crippen molar-refractivity contribution in [2.75, 3.05) is 0 Å². The molecule has 1 aromatic heterocycles. The summed E-state index contributed by atoms with van der Waals surface area (Å²) in [6, 6.07) is 20.5. The normalized spacial score (nSPS) is 15.7. The molecule has 26 heavy (non-hydrogen) atoms. The molecular weight excluding hydrogens is 320 g/mol. The van der Waals surface area contributed by atoms with Crippen LogP contribution in [0.4, 0.5) is 0 Å². The number of nitrogens with zero attached hydrogens (tertiary/aromatic N) is 4. The molecule has 0 amide bonds. The fourth-order valence-electron chi connectivity index (χ4n) is 3.45. The van der Waals surface area contributed by atoms with Crippen molar-refractivity contribution in [2.45, 2.75) is 33.5 Å². The van der Waals surface area contributed by atoms with Crippen molar-refractivity contribution in [3.63, 3.8) is 0 Å². The molecule has 2 heterocycles. The van der Waals surface area contributed by atoms with E-state index in [-0.39, 0.29) is 0 Å². The number of imidazole rings is 1. The molecule has 0 unspecified atom stereocenters. The lowest BCUT2D eigenvalue weighted by atomic mass is 10.1. The molecule has 130 valence electrons. The van der Waals surface area contributed by atoms with Crippen LogP contribution in [0.2, 0.25) is 0 Å². The van der Waals surface area contributed by atoms with Gasteiger partial charge < -0.3 is 0 Å². The summed E-state index contributed by atoms with van der Waals surface area (Å²) in [4.78, 5) is 14.9. The lowest BCUT2D eigenvalue weighted by Gasteiger charge is -2.29. The standard InChI is InChI=1S/C22H22N4/c1-15-16(2)25-22(24-15,20-13-9-6-10-14-20)26-18(4)17(3)23-21(26)19-11-7-5-8-12-19/h5-14H,1-4H3. The Morgan fingerprint density at radius 2 is 1.27 bits per heavy atom. The summed E-state index contributed by atoms with van der Waals surface area (Å²) < 4.78 is 2.17. The first-order chi connectivity index (χ1) is 12.5. The van der Waals surface area contributed by atoms with Crippen molar-refractivity contribution in [1.29, 1.82) is 0 Å². The summed E-state index contributed by atoms with van der Waals surface area (Å²) in [5, 5.41) is 0. The van der Waals surface area contributed by atoms with Crippen molar-refractivity contribution in [2.24, 2.45) is 9.98 Å². The Bertz CT molecular complexity index is 993. The Kier molecular flexibility index (Phi) is 3.83. The van der Waals surface area contributed by atoms with Gasteiger partial charge in [-0.2, -0.15) is 0 Å². The van der Waals surface area contributed by atoms with E-state index in [2.05, 4.69) is 35.8 Å². The highest BCUT2D eigenvalue weighted by molar-refractivity contribution is 6.41. The topological polar surface area (TPSA) is 42.5 Å². The van der Waals surface area contributed by atoms with Crippen LogP contribution in [-0.2, 0) is 5.79 Å². The third kappa shape index (κ3) is 2.41. The lowest BCUT2D eigenvalue weighted by Crippen LogP contribution is -2.31. The first-order valence-electron chi connectivity index (χ1n) is 8.83. The van der Waals surface area contributed by atoms with Gasteiger partial charge in [0.25, 0.3) is 5.79 Å². The minimum absolute atomic E-state index is 0.841. The van der Waals surface area contributed by atoms with Gasteiger partial charge in [0.05, 0.1) is 17.1 Å². The molecule has 0 fully saturated rings. The van der Waals surface area contributed by atoms with E-state index in [1.54, 1.807) is 0 Å². The van der Waals surface area contributed by atoms with Crippen molar-refractivity contribution in [1.82, 2.24) is 9.55 Å². The van der Waals surface area contributed by atoms with Crippen molar-refractivity contribution in [3.8, 4) is 11.4 Å². The first-order valence-corrected chi connectivity index (χ1v) is 8.83. The van der Waals surface area contributed by atoms with Gasteiger partial charge in [0, 0.05) is 16.8 Å². The quantitative estimate of drug-likeness (QED) is 0.676. The molecule has 4 heteroatoms. The highest BCUT2D eigenvalue weighted by atomic mass is 15.4. The molecule has 0 saturated carbocycles. The number of aliphatic imine (C=N–C) groups is 2. The second-order valence-corrected chi connectivity index (χ2v) is 6.70. The van der Waals surface area contributed by atoms with Crippen LogP contribution in [0, 0.1) is 13.8 Å². The third-order valence-corrected chi connectivity index (χ3v) is 5.02. The number of rotatable bonds is 3. The van der Waals surface area contributed by atoms with Gasteiger partial charge in [0.1, 0.15) is 5.82 Å². The molecule has 1 aliphatic rings. The summed E-state index contributed by atoms with van der Waals surface area (Å²) in [6.45, 7) is 8.17. The van der Waals surface area contributed by atoms with E-state index in [1.807, 2.05) is 57.2 Å². The predicted octanol–water partition coefficient (Wildman–Crippen LogP) is 4.76. The van der Waals surface area contributed by atoms with Crippen molar-refractivity contribution < 1.29 is 0 Å². The Labute approximate surface area is 154 Å². The number of benzene rings is 2. The highest BCUT2D eigenvalue weighted by Gasteiger charge is 2.41. The van der Waals surface area contributed by atoms with Crippen LogP contribution in [0.15, 0.2) is 70.6 Å². The summed E-state index contributed by atoms with van der Waals surface area (Å²) >= 11 is 0. The molecule has 4 rings (SSSR count). The zero-order valence-electron chi connectivity index (χ0n) is 15.6. The van der Waals surface area contributed by atoms with Gasteiger partial charge in [-0.25, -0.2) is 15.0 Å². The predicted molar refractivity (Wildman–Crippen MR) is 107 cm³/mol. The van der Waals surface area contributed by atoms with Gasteiger partial charge >= 0.3 is 0 Å². The average Bonchev–Trinajstić information content (AvgIpc) is 3.14. The van der Waals surface area contributed by atoms with E-state index in [0.717, 1.165) is 39.8 Å². The first kappa shape index (κ1) is 16.5. The van der Waals surface area contributed by atoms with E-state index >= 15 is 0 Å². The van der Waals surface area contributed by atoms with E-state index < -0.39 is 5.79 Å². The van der Waals surface area contributed by atoms with Crippen molar-refractivity contribution >= 4 is 11.4 Å². The molecule has 0 bridgehead atoms. The van der Waals surface area contributed by atoms with Gasteiger partial charge in [0.2, 0.25) is 0 Å². The van der Waals surface area contributed by atoms with E-state index in [0.29, 0.717) is 0 Å². The highest BCUT2D eigenvalue weighted by Crippen LogP contribution is 2.39. The molecule has 0 N–H and O–H groups in total. The van der Waals surface area contributed by atoms with E-state index in [9.17, 15) is 0 Å². The maximum absolute atomic E-state index is 5.04. The summed E-state index contributed by atoms with van der Waals surface area (Å²) in [5.74, 6) is 0.0471. The Balaban J connectivity index is 2.07. The van der Waals surface area contributed by atoms with Crippen LogP contribution in [0.25, 0.3) is 11.4 Å². The molecule has 1 aliphatic heterocycles. The molecular formula is C22H22N4. The van der Waals surface area contributed by atoms with Gasteiger partial charge in [-0.15, -0.1) is 0 Å². The van der Waals surface area contributed by atoms with Crippen LogP contribution in [0.1, 0.15) is 30.8 Å². The van der Waals surface area contributed by atoms with Crippen LogP contribution in [-0.4, -0.2) is 21.0 Å². The Hall–Kier alpha value is -3.01. The summed E-state index contributed by atoms with van der Waals surface area (Å²) in [7, 11) is 0. The fourth-order valence-corrected chi connectivity index (χ4v) is 3.45. The second kappa shape index (κ2) is 6.06. The van der Waals surface area contributed by atoms with Crippen molar-refractivity contribution in [3.05, 3.63) is 77.6 Å². The second-order valence-electron chi connectivity index (χ2n) is 6.70. The van der Waals surface area contributed by atoms with Gasteiger partial charge in [0.15, 0.2) is 0 Å². The summed E-state index contributed by atoms with van der Waals surface area (Å²) in [5.41, 5.74) is 6.08. The lowest BCUT2D eigenvalue weighted by molar-refractivity contribution is 0.396. The van der Waals surface area contributed by atoms with Crippen LogP contribution < -0.4 is 0 Å². The number of aromatic nitrogens is 2. The maximum atomic E-state index is 5.04. The zero-order valence-corrected chi connectivity index (χ0v) is 15.6. The summed E-state index contributed by atoms with van der Waals surface area (Å²) in [6.07, 6.45) is 0. The molecule has 3 aromatic rings. The smallest absolute Gasteiger partial charge is 0.260 e. The molecule has 0 atom stereocenters. The van der Waals surface area contributed by atoms with Gasteiger partial charge in [-0.1, -0.05) is 60.7 Å². The molecule has 0 spiro atoms. The number of hydrogen-bond acceptors (Lipinski definition) is 3. The maximum Gasteiger partial charge on any atom is 0.260 e. The third-order valence-electron chi connectivity index (χ3n) is 5.02. The Morgan fingerprint density at radius 1 is 0.731 bits per heavy atom. The number of aryl methyl sites for hydroxylation is 1. The molecule has 0 aliphatic carbocycles. The van der Waals surface area contributed by atoms with Crippen LogP contribution in [0.5, 0.6) is 0 Å². The Morgan fingerprint density at radius 3 is 1.85 bits per heavy atom. The van der Waals surface area contributed by atoms with Crippen LogP contribution >= 0.6 is 0 Å². The van der Waals surface area contributed by atoms with Gasteiger partial charge in [-0.05, 0) is 27.7 Å². The minimum Gasteiger partial charge on any atom is -0.280 e. The molecule has 0 radical (unpaired) electrons. The fraction of sp³-hybridized carbons (Fsp3) is 0.227. The molecule has 4 nitrogen and oxygen atoms in total. The monoisotopic (exact) mass is 342 g/mol. The SMILES string of the molecule is CC1=NC(c2ccccc2)(n2c(-c3ccccc3)nc(C)c2C)N=C1C. The molecule has 2 aromatic carbocycles. The van der Waals surface area contributed by atoms with Gasteiger partial charge in [-0.3, -0.25) is 4.57 Å². The minimum atomic E-state index is -0.841. The zero-order chi connectivity index (χ0) is 18.3. The average molecular weight is 342 g/mol. The van der Waals surface area contributed by atoms with E-state index in [1.165, 1.54) is 0 Å². The number of hydrogen-bond donors (Lipinski definition) is 0. The molecule has 0 saturated heterocycles. The van der Waals surface area contributed by atoms with E-state index in [4.69, 9.17) is 15.0 Å². The van der Waals surface area contributed by atoms with Crippen LogP contribution in [0.3, 0.4) is 0 Å².